The van der Waals surface area contributed by atoms with Gasteiger partial charge in [0.05, 0.1) is 7.11 Å². The molecule has 0 amide bonds. The third-order valence-corrected chi connectivity index (χ3v) is 2.94. The molecule has 0 unspecified atom stereocenters. The van der Waals surface area contributed by atoms with Crippen molar-refractivity contribution in [2.75, 3.05) is 13.7 Å². The minimum Gasteiger partial charge on any atom is -0.714 e. The average molecular weight is 278 g/mol. The summed E-state index contributed by atoms with van der Waals surface area (Å²) in [7, 11) is 2.86. The van der Waals surface area contributed by atoms with Crippen molar-refractivity contribution >= 4 is 28.5 Å². The molecule has 0 radical (unpaired) electrons. The fourth-order valence-corrected chi connectivity index (χ4v) is 1.75. The Bertz CT molecular complexity index is 384. The molecular weight excluding hydrogens is 270 g/mol. The van der Waals surface area contributed by atoms with Gasteiger partial charge in [-0.15, -0.1) is 0 Å². The molecule has 0 N–H and O–H groups in total. The molecule has 0 spiro atoms. The molecule has 1 aliphatic rings. The van der Waals surface area contributed by atoms with Gasteiger partial charge in [-0.1, -0.05) is 0 Å². The maximum atomic E-state index is 5.42. The van der Waals surface area contributed by atoms with Crippen LogP contribution in [0.15, 0.2) is 17.0 Å². The molecule has 0 fully saturated rings. The first-order chi connectivity index (χ1) is 6.83. The Morgan fingerprint density at radius 2 is 2.33 bits per heavy atom. The minimum atomic E-state index is 0. The number of aromatic nitrogens is 1. The van der Waals surface area contributed by atoms with Gasteiger partial charge in [0, 0.05) is 29.0 Å². The van der Waals surface area contributed by atoms with E-state index < -0.39 is 0 Å². The Morgan fingerprint density at radius 1 is 1.53 bits per heavy atom. The zero-order valence-electron chi connectivity index (χ0n) is 7.93. The molecule has 80 valence electrons. The molecule has 0 saturated heterocycles. The van der Waals surface area contributed by atoms with E-state index in [2.05, 4.69) is 4.98 Å². The smallest absolute Gasteiger partial charge is 0.224 e. The SMILES string of the molecule is COc1ccc2c(n1)OCC(S[S-])=C2.[Cr]. The number of ether oxygens (including phenoxy) is 2. The second-order valence-corrected chi connectivity index (χ2v) is 3.92. The van der Waals surface area contributed by atoms with E-state index in [1.54, 1.807) is 13.2 Å². The van der Waals surface area contributed by atoms with E-state index >= 15 is 0 Å². The molecular formula is C9H8CrNO2S2-. The standard InChI is InChI=1S/C9H9NO2S2.Cr/c1-11-8-3-2-6-4-7(14-13)5-12-9(6)10-8;/h2-4,13H,5H2,1H3;/p-1. The monoisotopic (exact) mass is 278 g/mol. The van der Waals surface area contributed by atoms with Crippen LogP contribution in [0, 0.1) is 0 Å². The topological polar surface area (TPSA) is 31.4 Å². The number of nitrogens with zero attached hydrogens (tertiary/aromatic N) is 1. The van der Waals surface area contributed by atoms with Crippen LogP contribution in [0.4, 0.5) is 0 Å². The number of rotatable bonds is 2. The quantitative estimate of drug-likeness (QED) is 0.610. The minimum absolute atomic E-state index is 0. The Morgan fingerprint density at radius 3 is 3.00 bits per heavy atom. The summed E-state index contributed by atoms with van der Waals surface area (Å²) < 4.78 is 10.4. The molecule has 0 saturated carbocycles. The van der Waals surface area contributed by atoms with Crippen LogP contribution in [-0.4, -0.2) is 18.7 Å². The van der Waals surface area contributed by atoms with Crippen LogP contribution in [0.3, 0.4) is 0 Å². The fraction of sp³-hybridized carbons (Fsp3) is 0.222. The molecule has 15 heavy (non-hydrogen) atoms. The van der Waals surface area contributed by atoms with Gasteiger partial charge in [0.2, 0.25) is 11.8 Å². The van der Waals surface area contributed by atoms with Gasteiger partial charge >= 0.3 is 0 Å². The summed E-state index contributed by atoms with van der Waals surface area (Å²) in [6.07, 6.45) is 1.99. The first-order valence-corrected chi connectivity index (χ1v) is 5.76. The maximum Gasteiger partial charge on any atom is 0.224 e. The number of hydrogen-bond donors (Lipinski definition) is 0. The van der Waals surface area contributed by atoms with Gasteiger partial charge < -0.3 is 21.1 Å². The summed E-state index contributed by atoms with van der Waals surface area (Å²) in [6.45, 7) is 0.501. The van der Waals surface area contributed by atoms with Gasteiger partial charge in [-0.05, 0) is 17.0 Å². The molecule has 2 heterocycles. The van der Waals surface area contributed by atoms with E-state index in [4.69, 9.17) is 21.1 Å². The third kappa shape index (κ3) is 2.85. The second kappa shape index (κ2) is 5.71. The first kappa shape index (κ1) is 12.8. The van der Waals surface area contributed by atoms with Gasteiger partial charge in [0.25, 0.3) is 0 Å². The zero-order chi connectivity index (χ0) is 9.97. The van der Waals surface area contributed by atoms with Crippen molar-refractivity contribution in [2.24, 2.45) is 0 Å². The van der Waals surface area contributed by atoms with Crippen molar-refractivity contribution < 1.29 is 26.8 Å². The second-order valence-electron chi connectivity index (χ2n) is 2.73. The van der Waals surface area contributed by atoms with Crippen molar-refractivity contribution in [2.45, 2.75) is 0 Å². The van der Waals surface area contributed by atoms with Crippen LogP contribution >= 0.6 is 10.8 Å². The predicted molar refractivity (Wildman–Crippen MR) is 59.2 cm³/mol. The molecule has 3 nitrogen and oxygen atoms in total. The average Bonchev–Trinajstić information content (AvgIpc) is 2.27. The predicted octanol–water partition coefficient (Wildman–Crippen LogP) is 2.02. The molecule has 0 aliphatic carbocycles. The Kier molecular flexibility index (Phi) is 4.87. The summed E-state index contributed by atoms with van der Waals surface area (Å²) in [6, 6.07) is 3.71. The third-order valence-electron chi connectivity index (χ3n) is 1.85. The van der Waals surface area contributed by atoms with Crippen molar-refractivity contribution in [3.05, 3.63) is 22.6 Å². The van der Waals surface area contributed by atoms with Crippen LogP contribution in [0.1, 0.15) is 5.56 Å². The molecule has 1 aromatic rings. The molecule has 6 heteroatoms. The number of pyridine rings is 1. The Hall–Kier alpha value is -0.278. The van der Waals surface area contributed by atoms with Crippen LogP contribution in [-0.2, 0) is 29.0 Å². The van der Waals surface area contributed by atoms with E-state index in [-0.39, 0.29) is 17.4 Å². The van der Waals surface area contributed by atoms with Crippen molar-refractivity contribution in [1.29, 1.82) is 0 Å². The molecule has 1 aromatic heterocycles. The van der Waals surface area contributed by atoms with E-state index in [0.717, 1.165) is 10.5 Å². The largest absolute Gasteiger partial charge is 0.714 e. The van der Waals surface area contributed by atoms with Gasteiger partial charge in [-0.3, -0.25) is 10.8 Å². The van der Waals surface area contributed by atoms with Gasteiger partial charge in [-0.2, -0.15) is 4.98 Å². The van der Waals surface area contributed by atoms with Crippen LogP contribution in [0.5, 0.6) is 11.8 Å². The Balaban J connectivity index is 0.00000112. The Labute approximate surface area is 108 Å². The molecule has 1 aliphatic heterocycles. The molecule has 0 aromatic carbocycles. The summed E-state index contributed by atoms with van der Waals surface area (Å²) in [5.74, 6) is 1.17. The van der Waals surface area contributed by atoms with Crippen molar-refractivity contribution in [1.82, 2.24) is 4.98 Å². The zero-order valence-corrected chi connectivity index (χ0v) is 10.8. The number of fused-ring (bicyclic) bond motifs is 1. The number of hydrogen-bond acceptors (Lipinski definition) is 5. The number of methoxy groups -OCH3 is 1. The fourth-order valence-electron chi connectivity index (χ4n) is 1.18. The van der Waals surface area contributed by atoms with Crippen LogP contribution in [0.25, 0.3) is 6.08 Å². The van der Waals surface area contributed by atoms with Crippen molar-refractivity contribution in [3.63, 3.8) is 0 Å². The van der Waals surface area contributed by atoms with Gasteiger partial charge in [0.1, 0.15) is 6.61 Å². The molecule has 0 bridgehead atoms. The maximum absolute atomic E-state index is 5.42. The molecule has 0 atom stereocenters. The van der Waals surface area contributed by atoms with Gasteiger partial charge in [0.15, 0.2) is 0 Å². The summed E-state index contributed by atoms with van der Waals surface area (Å²) >= 11 is 4.87. The normalized spacial score (nSPS) is 13.1. The van der Waals surface area contributed by atoms with Gasteiger partial charge in [-0.25, -0.2) is 0 Å². The summed E-state index contributed by atoms with van der Waals surface area (Å²) in [5.41, 5.74) is 0.949. The summed E-state index contributed by atoms with van der Waals surface area (Å²) in [4.78, 5) is 5.20. The van der Waals surface area contributed by atoms with E-state index in [9.17, 15) is 0 Å². The summed E-state index contributed by atoms with van der Waals surface area (Å²) in [5, 5.41) is 0. The van der Waals surface area contributed by atoms with Crippen molar-refractivity contribution in [3.8, 4) is 11.8 Å². The van der Waals surface area contributed by atoms with Crippen LogP contribution < -0.4 is 9.47 Å². The van der Waals surface area contributed by atoms with E-state index in [1.807, 2.05) is 12.1 Å². The first-order valence-electron chi connectivity index (χ1n) is 4.01. The van der Waals surface area contributed by atoms with Crippen LogP contribution in [0.2, 0.25) is 0 Å². The van der Waals surface area contributed by atoms with E-state index in [0.29, 0.717) is 18.4 Å². The van der Waals surface area contributed by atoms with E-state index in [1.165, 1.54) is 10.8 Å². The molecule has 2 rings (SSSR count).